The summed E-state index contributed by atoms with van der Waals surface area (Å²) in [6.07, 6.45) is 3.77. The van der Waals surface area contributed by atoms with Gasteiger partial charge in [0.2, 0.25) is 0 Å². The Morgan fingerprint density at radius 3 is 2.53 bits per heavy atom. The van der Waals surface area contributed by atoms with Crippen molar-refractivity contribution in [2.75, 3.05) is 0 Å². The third kappa shape index (κ3) is 2.85. The van der Waals surface area contributed by atoms with E-state index in [1.54, 1.807) is 17.1 Å². The van der Waals surface area contributed by atoms with E-state index in [9.17, 15) is 5.11 Å². The number of rotatable bonds is 4. The number of aromatic nitrogens is 2. The number of hydrogen-bond acceptors (Lipinski definition) is 3. The van der Waals surface area contributed by atoms with Gasteiger partial charge in [0.1, 0.15) is 5.75 Å². The van der Waals surface area contributed by atoms with Crippen LogP contribution in [0.4, 0.5) is 0 Å². The lowest BCUT2D eigenvalue weighted by Crippen LogP contribution is -1.94. The van der Waals surface area contributed by atoms with Crippen molar-refractivity contribution in [1.29, 1.82) is 0 Å². The van der Waals surface area contributed by atoms with E-state index >= 15 is 0 Å². The van der Waals surface area contributed by atoms with Crippen molar-refractivity contribution >= 4 is 0 Å². The number of nitrogens with zero attached hydrogens (tertiary/aromatic N) is 2. The number of ether oxygens (including phenoxy) is 1. The highest BCUT2D eigenvalue weighted by molar-refractivity contribution is 5.32. The Morgan fingerprint density at radius 1 is 1.29 bits per heavy atom. The summed E-state index contributed by atoms with van der Waals surface area (Å²) in [4.78, 5) is 0. The summed E-state index contributed by atoms with van der Waals surface area (Å²) in [5, 5.41) is 13.7. The molecular formula is C13H16N2O2. The third-order valence-corrected chi connectivity index (χ3v) is 2.57. The summed E-state index contributed by atoms with van der Waals surface area (Å²) in [5.74, 6) is 1.45. The van der Waals surface area contributed by atoms with E-state index in [2.05, 4.69) is 5.10 Å². The van der Waals surface area contributed by atoms with Gasteiger partial charge in [0.15, 0.2) is 5.75 Å². The highest BCUT2D eigenvalue weighted by Crippen LogP contribution is 2.23. The minimum atomic E-state index is -0.401. The van der Waals surface area contributed by atoms with E-state index in [-0.39, 0.29) is 0 Å². The number of aryl methyl sites for hydroxylation is 1. The molecule has 1 aromatic heterocycles. The van der Waals surface area contributed by atoms with Crippen LogP contribution in [0.25, 0.3) is 0 Å². The van der Waals surface area contributed by atoms with Crippen LogP contribution < -0.4 is 4.74 Å². The van der Waals surface area contributed by atoms with E-state index in [1.807, 2.05) is 38.2 Å². The maximum Gasteiger partial charge on any atom is 0.165 e. The fraction of sp³-hybridized carbons (Fsp3) is 0.308. The molecule has 4 heteroatoms. The van der Waals surface area contributed by atoms with Crippen LogP contribution in [0.15, 0.2) is 36.7 Å². The van der Waals surface area contributed by atoms with Gasteiger partial charge in [0, 0.05) is 7.05 Å². The Bertz CT molecular complexity index is 476. The maximum atomic E-state index is 9.66. The lowest BCUT2D eigenvalue weighted by molar-refractivity contribution is 0.173. The number of aliphatic hydroxyl groups excluding tert-OH is 1. The van der Waals surface area contributed by atoms with E-state index in [1.165, 1.54) is 0 Å². The topological polar surface area (TPSA) is 47.3 Å². The molecule has 0 saturated heterocycles. The molecule has 1 heterocycles. The first-order valence-corrected chi connectivity index (χ1v) is 5.63. The van der Waals surface area contributed by atoms with Crippen molar-refractivity contribution in [2.45, 2.75) is 19.4 Å². The molecule has 1 aromatic carbocycles. The maximum absolute atomic E-state index is 9.66. The average Bonchev–Trinajstić information content (AvgIpc) is 2.75. The summed E-state index contributed by atoms with van der Waals surface area (Å²) >= 11 is 0. The van der Waals surface area contributed by atoms with E-state index in [4.69, 9.17) is 4.74 Å². The molecule has 0 fully saturated rings. The largest absolute Gasteiger partial charge is 0.454 e. The van der Waals surface area contributed by atoms with Gasteiger partial charge in [-0.15, -0.1) is 0 Å². The van der Waals surface area contributed by atoms with E-state index in [0.29, 0.717) is 12.2 Å². The van der Waals surface area contributed by atoms with Gasteiger partial charge >= 0.3 is 0 Å². The molecule has 0 aliphatic rings. The van der Waals surface area contributed by atoms with E-state index < -0.39 is 6.10 Å². The molecule has 1 atom stereocenters. The molecule has 2 aromatic rings. The zero-order chi connectivity index (χ0) is 12.3. The molecule has 4 nitrogen and oxygen atoms in total. The number of aliphatic hydroxyl groups is 1. The van der Waals surface area contributed by atoms with Crippen molar-refractivity contribution in [1.82, 2.24) is 9.78 Å². The van der Waals surface area contributed by atoms with Crippen LogP contribution in [-0.2, 0) is 7.05 Å². The molecule has 2 rings (SSSR count). The highest BCUT2D eigenvalue weighted by Gasteiger charge is 2.05. The normalized spacial score (nSPS) is 12.4. The summed E-state index contributed by atoms with van der Waals surface area (Å²) in [5.41, 5.74) is 0.908. The minimum absolute atomic E-state index is 0.401. The first kappa shape index (κ1) is 11.7. The van der Waals surface area contributed by atoms with Gasteiger partial charge in [0.05, 0.1) is 18.5 Å². The predicted molar refractivity (Wildman–Crippen MR) is 65.0 cm³/mol. The highest BCUT2D eigenvalue weighted by atomic mass is 16.5. The quantitative estimate of drug-likeness (QED) is 0.881. The first-order valence-electron chi connectivity index (χ1n) is 5.63. The number of hydrogen-bond donors (Lipinski definition) is 1. The zero-order valence-corrected chi connectivity index (χ0v) is 10.00. The second-order valence-electron chi connectivity index (χ2n) is 3.94. The van der Waals surface area contributed by atoms with Gasteiger partial charge < -0.3 is 9.84 Å². The van der Waals surface area contributed by atoms with E-state index in [0.717, 1.165) is 11.3 Å². The fourth-order valence-corrected chi connectivity index (χ4v) is 1.58. The Hall–Kier alpha value is -1.81. The third-order valence-electron chi connectivity index (χ3n) is 2.57. The van der Waals surface area contributed by atoms with Crippen LogP contribution in [0.5, 0.6) is 11.5 Å². The second-order valence-corrected chi connectivity index (χ2v) is 3.94. The van der Waals surface area contributed by atoms with Gasteiger partial charge in [-0.05, 0) is 24.1 Å². The molecule has 0 aliphatic heterocycles. The Morgan fingerprint density at radius 2 is 2.00 bits per heavy atom. The predicted octanol–water partition coefficient (Wildman–Crippen LogP) is 2.66. The molecule has 1 N–H and O–H groups in total. The Labute approximate surface area is 100 Å². The molecular weight excluding hydrogens is 216 g/mol. The van der Waals surface area contributed by atoms with Gasteiger partial charge in [-0.25, -0.2) is 0 Å². The lowest BCUT2D eigenvalue weighted by atomic mass is 10.1. The number of benzene rings is 1. The lowest BCUT2D eigenvalue weighted by Gasteiger charge is -2.08. The first-order chi connectivity index (χ1) is 8.19. The van der Waals surface area contributed by atoms with Crippen LogP contribution in [0, 0.1) is 0 Å². The van der Waals surface area contributed by atoms with Crippen molar-refractivity contribution in [3.05, 3.63) is 42.2 Å². The molecule has 0 aliphatic carbocycles. The summed E-state index contributed by atoms with van der Waals surface area (Å²) < 4.78 is 7.29. The fourth-order valence-electron chi connectivity index (χ4n) is 1.58. The Balaban J connectivity index is 2.08. The summed E-state index contributed by atoms with van der Waals surface area (Å²) in [6, 6.07) is 7.45. The molecule has 0 unspecified atom stereocenters. The van der Waals surface area contributed by atoms with Crippen LogP contribution in [0.2, 0.25) is 0 Å². The molecule has 0 saturated carbocycles. The van der Waals surface area contributed by atoms with Crippen LogP contribution in [0.1, 0.15) is 25.0 Å². The molecule has 0 bridgehead atoms. The minimum Gasteiger partial charge on any atom is -0.454 e. The molecule has 0 amide bonds. The molecule has 0 spiro atoms. The van der Waals surface area contributed by atoms with Crippen molar-refractivity contribution in [3.8, 4) is 11.5 Å². The molecule has 0 radical (unpaired) electrons. The second kappa shape index (κ2) is 5.01. The van der Waals surface area contributed by atoms with Crippen molar-refractivity contribution in [2.24, 2.45) is 7.05 Å². The monoisotopic (exact) mass is 232 g/mol. The van der Waals surface area contributed by atoms with Gasteiger partial charge in [-0.2, -0.15) is 5.10 Å². The standard InChI is InChI=1S/C13H16N2O2/c1-3-13(16)10-4-6-11(7-5-10)17-12-8-14-15(2)9-12/h4-9,13,16H,3H2,1-2H3/t13-/m0/s1. The smallest absolute Gasteiger partial charge is 0.165 e. The van der Waals surface area contributed by atoms with Crippen molar-refractivity contribution < 1.29 is 9.84 Å². The Kier molecular flexibility index (Phi) is 3.44. The van der Waals surface area contributed by atoms with Crippen LogP contribution >= 0.6 is 0 Å². The zero-order valence-electron chi connectivity index (χ0n) is 10.00. The van der Waals surface area contributed by atoms with Gasteiger partial charge in [-0.1, -0.05) is 19.1 Å². The summed E-state index contributed by atoms with van der Waals surface area (Å²) in [7, 11) is 1.84. The SMILES string of the molecule is CC[C@H](O)c1ccc(Oc2cnn(C)c2)cc1. The summed E-state index contributed by atoms with van der Waals surface area (Å²) in [6.45, 7) is 1.95. The van der Waals surface area contributed by atoms with Crippen LogP contribution in [0.3, 0.4) is 0 Å². The van der Waals surface area contributed by atoms with Crippen LogP contribution in [-0.4, -0.2) is 14.9 Å². The van der Waals surface area contributed by atoms with Gasteiger partial charge in [-0.3, -0.25) is 4.68 Å². The van der Waals surface area contributed by atoms with Gasteiger partial charge in [0.25, 0.3) is 0 Å². The molecule has 90 valence electrons. The average molecular weight is 232 g/mol. The molecule has 17 heavy (non-hydrogen) atoms. The van der Waals surface area contributed by atoms with Crippen molar-refractivity contribution in [3.63, 3.8) is 0 Å².